The van der Waals surface area contributed by atoms with Crippen molar-refractivity contribution in [2.75, 3.05) is 0 Å². The van der Waals surface area contributed by atoms with Crippen LogP contribution < -0.4 is 0 Å². The second-order valence-electron chi connectivity index (χ2n) is 10.5. The highest BCUT2D eigenvalue weighted by atomic mass is 79.9. The van der Waals surface area contributed by atoms with Crippen LogP contribution in [0.2, 0.25) is 0 Å². The van der Waals surface area contributed by atoms with Gasteiger partial charge >= 0.3 is 0 Å². The molecule has 0 saturated carbocycles. The Balaban J connectivity index is 1.50. The fourth-order valence-electron chi connectivity index (χ4n) is 5.44. The normalized spacial score (nSPS) is 11.1. The van der Waals surface area contributed by atoms with Crippen LogP contribution in [0.15, 0.2) is 167 Å². The van der Waals surface area contributed by atoms with Crippen molar-refractivity contribution in [1.82, 2.24) is 0 Å². The van der Waals surface area contributed by atoms with E-state index in [9.17, 15) is 0 Å². The Morgan fingerprint density at radius 1 is 0.238 bits per heavy atom. The number of hydrogen-bond acceptors (Lipinski definition) is 0. The lowest BCUT2D eigenvalue weighted by Crippen LogP contribution is -1.76. The molecule has 0 aliphatic heterocycles. The van der Waals surface area contributed by atoms with Gasteiger partial charge in [0.05, 0.1) is 0 Å². The quantitative estimate of drug-likeness (QED) is 0.151. The van der Waals surface area contributed by atoms with Gasteiger partial charge in [0.25, 0.3) is 0 Å². The molecule has 0 atom stereocenters. The molecule has 0 heterocycles. The van der Waals surface area contributed by atoms with E-state index in [1.165, 1.54) is 64.6 Å². The molecule has 13 rings (SSSR count). The zero-order valence-corrected chi connectivity index (χ0v) is 25.9. The van der Waals surface area contributed by atoms with Gasteiger partial charge in [0, 0.05) is 8.95 Å². The van der Waals surface area contributed by atoms with E-state index in [2.05, 4.69) is 190 Å². The Labute approximate surface area is 261 Å². The first-order valence-electron chi connectivity index (χ1n) is 14.0. The summed E-state index contributed by atoms with van der Waals surface area (Å²) in [4.78, 5) is 0. The second kappa shape index (κ2) is 11.6. The molecular formula is C40H26Br2. The van der Waals surface area contributed by atoms with Crippen LogP contribution in [0.4, 0.5) is 0 Å². The van der Waals surface area contributed by atoms with Gasteiger partial charge in [-0.3, -0.25) is 0 Å². The number of halogens is 2. The molecular weight excluding hydrogens is 640 g/mol. The van der Waals surface area contributed by atoms with E-state index in [-0.39, 0.29) is 0 Å². The van der Waals surface area contributed by atoms with E-state index in [0.29, 0.717) is 0 Å². The molecule has 13 aromatic rings. The fraction of sp³-hybridized carbons (Fsp3) is 0. The largest absolute Gasteiger partial charge is 0.0610 e. The van der Waals surface area contributed by atoms with Gasteiger partial charge in [0.15, 0.2) is 0 Å². The zero-order valence-electron chi connectivity index (χ0n) is 22.8. The van der Waals surface area contributed by atoms with Crippen molar-refractivity contribution in [3.8, 4) is 0 Å². The lowest BCUT2D eigenvalue weighted by atomic mass is 10.1. The van der Waals surface area contributed by atoms with Gasteiger partial charge in [-0.2, -0.15) is 0 Å². The SMILES string of the molecule is Brc1c2cccc1c1ccc(ccc3ccc(cc3)c3cccc(c3Br)c3ccc(ccc4ccc2cc4)cc3)cc1. The Hall–Kier alpha value is -4.24. The van der Waals surface area contributed by atoms with Crippen molar-refractivity contribution in [3.05, 3.63) is 167 Å². The minimum absolute atomic E-state index is 1.11. The summed E-state index contributed by atoms with van der Waals surface area (Å²) >= 11 is 7.83. The molecule has 0 aromatic heterocycles. The summed E-state index contributed by atoms with van der Waals surface area (Å²) in [5.41, 5.74) is 0. The van der Waals surface area contributed by atoms with E-state index < -0.39 is 0 Å². The molecule has 0 nitrogen and oxygen atoms in total. The highest BCUT2D eigenvalue weighted by molar-refractivity contribution is 9.11. The molecule has 0 fully saturated rings. The van der Waals surface area contributed by atoms with Crippen LogP contribution in [0.1, 0.15) is 0 Å². The first-order chi connectivity index (χ1) is 20.6. The number of rotatable bonds is 0. The molecule has 12 bridgehead atoms. The summed E-state index contributed by atoms with van der Waals surface area (Å²) < 4.78 is 2.21. The Morgan fingerprint density at radius 2 is 0.429 bits per heavy atom. The van der Waals surface area contributed by atoms with Crippen molar-refractivity contribution >= 4 is 96.5 Å². The van der Waals surface area contributed by atoms with Crippen LogP contribution >= 0.6 is 31.9 Å². The average molecular weight is 666 g/mol. The van der Waals surface area contributed by atoms with Crippen LogP contribution in [0.3, 0.4) is 0 Å². The molecule has 200 valence electrons. The van der Waals surface area contributed by atoms with Gasteiger partial charge in [-0.1, -0.05) is 158 Å². The Morgan fingerprint density at radius 3 is 0.643 bits per heavy atom. The van der Waals surface area contributed by atoms with Crippen molar-refractivity contribution in [3.63, 3.8) is 0 Å². The fourth-order valence-corrected chi connectivity index (χ4v) is 6.88. The molecule has 42 heavy (non-hydrogen) atoms. The summed E-state index contributed by atoms with van der Waals surface area (Å²) in [6, 6.07) is 56.6. The van der Waals surface area contributed by atoms with Gasteiger partial charge in [-0.15, -0.1) is 0 Å². The third kappa shape index (κ3) is 5.36. The van der Waals surface area contributed by atoms with E-state index in [1.807, 2.05) is 0 Å². The van der Waals surface area contributed by atoms with Gasteiger partial charge in [0.1, 0.15) is 0 Å². The average Bonchev–Trinajstić information content (AvgIpc) is 3.04. The Bertz CT molecular complexity index is 1930. The molecule has 2 heteroatoms. The molecule has 0 amide bonds. The highest BCUT2D eigenvalue weighted by Gasteiger charge is 2.02. The van der Waals surface area contributed by atoms with Gasteiger partial charge < -0.3 is 0 Å². The second-order valence-corrected chi connectivity index (χ2v) is 12.1. The van der Waals surface area contributed by atoms with Crippen molar-refractivity contribution in [2.24, 2.45) is 0 Å². The number of benzene rings is 6. The third-order valence-electron chi connectivity index (χ3n) is 7.82. The summed E-state index contributed by atoms with van der Waals surface area (Å²) in [6.07, 6.45) is 0. The van der Waals surface area contributed by atoms with Crippen molar-refractivity contribution in [2.45, 2.75) is 0 Å². The van der Waals surface area contributed by atoms with Crippen LogP contribution in [0, 0.1) is 0 Å². The van der Waals surface area contributed by atoms with Crippen LogP contribution in [-0.2, 0) is 0 Å². The molecule has 0 spiro atoms. The highest BCUT2D eigenvalue weighted by Crippen LogP contribution is 2.31. The maximum Gasteiger partial charge on any atom is 0.0332 e. The first kappa shape index (κ1) is 26.6. The molecule has 0 radical (unpaired) electrons. The molecule has 0 saturated heterocycles. The van der Waals surface area contributed by atoms with E-state index in [1.54, 1.807) is 0 Å². The van der Waals surface area contributed by atoms with Gasteiger partial charge in [0.2, 0.25) is 0 Å². The van der Waals surface area contributed by atoms with E-state index in [4.69, 9.17) is 0 Å². The van der Waals surface area contributed by atoms with Crippen molar-refractivity contribution in [1.29, 1.82) is 0 Å². The summed E-state index contributed by atoms with van der Waals surface area (Å²) in [5, 5.41) is 14.1. The molecule has 0 unspecified atom stereocenters. The van der Waals surface area contributed by atoms with Gasteiger partial charge in [-0.25, -0.2) is 0 Å². The summed E-state index contributed by atoms with van der Waals surface area (Å²) in [7, 11) is 0. The predicted octanol–water partition coefficient (Wildman–Crippen LogP) is 12.9. The van der Waals surface area contributed by atoms with Crippen molar-refractivity contribution < 1.29 is 0 Å². The molecule has 0 N–H and O–H groups in total. The molecule has 13 aromatic carbocycles. The standard InChI is InChI=1S/C40H26Br2/c41-39-35-3-1-4-36(39)32-21-13-28(14-22-32)8-10-30-17-25-34(26-18-30)38-6-2-5-37(40(38)42)33-23-15-29(16-24-33)9-7-27-11-19-31(35)20-12-27/h1-26H. The van der Waals surface area contributed by atoms with E-state index in [0.717, 1.165) is 8.95 Å². The first-order valence-corrected chi connectivity index (χ1v) is 15.6. The smallest absolute Gasteiger partial charge is 0.0332 e. The predicted molar refractivity (Wildman–Crippen MR) is 191 cm³/mol. The lowest BCUT2D eigenvalue weighted by molar-refractivity contribution is 1.75. The van der Waals surface area contributed by atoms with Crippen LogP contribution in [-0.4, -0.2) is 0 Å². The molecule has 0 aliphatic rings. The number of hydrogen-bond donors (Lipinski definition) is 0. The van der Waals surface area contributed by atoms with E-state index >= 15 is 0 Å². The summed E-state index contributed by atoms with van der Waals surface area (Å²) in [5.74, 6) is 0. The maximum atomic E-state index is 3.92. The minimum atomic E-state index is 1.11. The Kier molecular flexibility index (Phi) is 7.34. The zero-order chi connectivity index (χ0) is 28.5. The van der Waals surface area contributed by atoms with Crippen LogP contribution in [0.5, 0.6) is 0 Å². The maximum absolute atomic E-state index is 3.92. The monoisotopic (exact) mass is 664 g/mol. The minimum Gasteiger partial charge on any atom is -0.0610 e. The lowest BCUT2D eigenvalue weighted by Gasteiger charge is -2.03. The van der Waals surface area contributed by atoms with Gasteiger partial charge in [-0.05, 0) is 96.5 Å². The van der Waals surface area contributed by atoms with Crippen LogP contribution in [0.25, 0.3) is 64.6 Å². The topological polar surface area (TPSA) is 0 Å². The summed E-state index contributed by atoms with van der Waals surface area (Å²) in [6.45, 7) is 0. The molecule has 0 aliphatic carbocycles. The third-order valence-corrected chi connectivity index (χ3v) is 9.53.